The van der Waals surface area contributed by atoms with Gasteiger partial charge in [-0.25, -0.2) is 4.39 Å². The Balaban J connectivity index is 2.04. The van der Waals surface area contributed by atoms with Crippen LogP contribution < -0.4 is 20.3 Å². The molecule has 144 valence electrons. The van der Waals surface area contributed by atoms with Gasteiger partial charge in [-0.1, -0.05) is 11.6 Å². The summed E-state index contributed by atoms with van der Waals surface area (Å²) >= 11 is 5.98. The summed E-state index contributed by atoms with van der Waals surface area (Å²) in [5.74, 6) is -0.727. The van der Waals surface area contributed by atoms with Crippen LogP contribution in [0.4, 0.5) is 10.1 Å². The molecule has 9 heteroatoms. The lowest BCUT2D eigenvalue weighted by Gasteiger charge is -2.13. The highest BCUT2D eigenvalue weighted by Crippen LogP contribution is 2.28. The normalized spacial score (nSPS) is 10.4. The summed E-state index contributed by atoms with van der Waals surface area (Å²) in [5, 5.41) is 7.12. The first-order chi connectivity index (χ1) is 13.4. The van der Waals surface area contributed by atoms with E-state index in [4.69, 9.17) is 21.1 Å². The van der Waals surface area contributed by atoms with Crippen LogP contribution in [0.15, 0.2) is 53.3 Å². The SMILES string of the molecule is COc1ccc(Cl)cc1NC(=O)c1nn(-c2ccc(F)cc2)c(=O)cc1OC. The van der Waals surface area contributed by atoms with Gasteiger partial charge in [0, 0.05) is 5.02 Å². The van der Waals surface area contributed by atoms with Gasteiger partial charge in [0.05, 0.1) is 31.7 Å². The van der Waals surface area contributed by atoms with E-state index in [9.17, 15) is 14.0 Å². The van der Waals surface area contributed by atoms with Crippen LogP contribution in [0.25, 0.3) is 5.69 Å². The fraction of sp³-hybridized carbons (Fsp3) is 0.105. The maximum absolute atomic E-state index is 13.2. The van der Waals surface area contributed by atoms with Crippen molar-refractivity contribution in [3.05, 3.63) is 75.4 Å². The van der Waals surface area contributed by atoms with E-state index >= 15 is 0 Å². The zero-order valence-electron chi connectivity index (χ0n) is 14.9. The highest BCUT2D eigenvalue weighted by molar-refractivity contribution is 6.31. The third-order valence-electron chi connectivity index (χ3n) is 3.81. The molecule has 0 saturated heterocycles. The molecule has 0 aliphatic heterocycles. The molecule has 7 nitrogen and oxygen atoms in total. The van der Waals surface area contributed by atoms with Gasteiger partial charge in [0.1, 0.15) is 11.6 Å². The number of anilines is 1. The predicted octanol–water partition coefficient (Wildman–Crippen LogP) is 3.29. The summed E-state index contributed by atoms with van der Waals surface area (Å²) in [7, 11) is 2.77. The molecular weight excluding hydrogens is 389 g/mol. The summed E-state index contributed by atoms with van der Waals surface area (Å²) in [4.78, 5) is 25.1. The van der Waals surface area contributed by atoms with Gasteiger partial charge in [-0.3, -0.25) is 9.59 Å². The van der Waals surface area contributed by atoms with E-state index in [2.05, 4.69) is 10.4 Å². The highest BCUT2D eigenvalue weighted by atomic mass is 35.5. The Morgan fingerprint density at radius 3 is 2.39 bits per heavy atom. The second-order valence-corrected chi connectivity index (χ2v) is 6.02. The molecule has 0 bridgehead atoms. The summed E-state index contributed by atoms with van der Waals surface area (Å²) in [6.45, 7) is 0. The molecule has 0 aliphatic carbocycles. The molecule has 0 aliphatic rings. The van der Waals surface area contributed by atoms with Gasteiger partial charge in [-0.2, -0.15) is 9.78 Å². The fourth-order valence-corrected chi connectivity index (χ4v) is 2.65. The average Bonchev–Trinajstić information content (AvgIpc) is 2.68. The molecule has 1 N–H and O–H groups in total. The molecule has 2 aromatic carbocycles. The van der Waals surface area contributed by atoms with Crippen molar-refractivity contribution in [1.29, 1.82) is 0 Å². The summed E-state index contributed by atoms with van der Waals surface area (Å²) in [5.41, 5.74) is -0.0689. The van der Waals surface area contributed by atoms with E-state index in [0.29, 0.717) is 22.1 Å². The number of halogens is 2. The van der Waals surface area contributed by atoms with E-state index in [1.54, 1.807) is 12.1 Å². The van der Waals surface area contributed by atoms with E-state index in [0.717, 1.165) is 10.7 Å². The number of nitrogens with one attached hydrogen (secondary N) is 1. The zero-order chi connectivity index (χ0) is 20.3. The molecule has 1 amide bonds. The highest BCUT2D eigenvalue weighted by Gasteiger charge is 2.19. The molecule has 3 aromatic rings. The quantitative estimate of drug-likeness (QED) is 0.706. The monoisotopic (exact) mass is 403 g/mol. The minimum Gasteiger partial charge on any atom is -0.495 e. The molecule has 0 spiro atoms. The topological polar surface area (TPSA) is 82.5 Å². The van der Waals surface area contributed by atoms with E-state index in [1.165, 1.54) is 44.6 Å². The zero-order valence-corrected chi connectivity index (χ0v) is 15.7. The minimum atomic E-state index is -0.645. The maximum Gasteiger partial charge on any atom is 0.280 e. The van der Waals surface area contributed by atoms with Gasteiger partial charge in [0.15, 0.2) is 11.4 Å². The van der Waals surface area contributed by atoms with Crippen molar-refractivity contribution in [2.45, 2.75) is 0 Å². The lowest BCUT2D eigenvalue weighted by atomic mass is 10.2. The molecule has 0 atom stereocenters. The third-order valence-corrected chi connectivity index (χ3v) is 4.05. The van der Waals surface area contributed by atoms with Crippen molar-refractivity contribution in [2.75, 3.05) is 19.5 Å². The van der Waals surface area contributed by atoms with Crippen LogP contribution in [0.2, 0.25) is 5.02 Å². The Kier molecular flexibility index (Phi) is 5.60. The van der Waals surface area contributed by atoms with E-state index in [1.807, 2.05) is 0 Å². The van der Waals surface area contributed by atoms with Gasteiger partial charge < -0.3 is 14.8 Å². The van der Waals surface area contributed by atoms with Gasteiger partial charge >= 0.3 is 0 Å². The van der Waals surface area contributed by atoms with Gasteiger partial charge in [-0.05, 0) is 42.5 Å². The molecule has 1 aromatic heterocycles. The first-order valence-electron chi connectivity index (χ1n) is 8.02. The van der Waals surface area contributed by atoms with E-state index < -0.39 is 17.3 Å². The van der Waals surface area contributed by atoms with Crippen molar-refractivity contribution in [1.82, 2.24) is 9.78 Å². The molecule has 0 fully saturated rings. The molecule has 0 radical (unpaired) electrons. The molecule has 3 rings (SSSR count). The number of hydrogen-bond donors (Lipinski definition) is 1. The molecule has 1 heterocycles. The number of rotatable bonds is 5. The predicted molar refractivity (Wildman–Crippen MR) is 102 cm³/mol. The van der Waals surface area contributed by atoms with Crippen LogP contribution in [-0.4, -0.2) is 29.9 Å². The molecule has 0 saturated carbocycles. The number of carbonyl (C=O) groups is 1. The lowest BCUT2D eigenvalue weighted by Crippen LogP contribution is -2.26. The molecule has 28 heavy (non-hydrogen) atoms. The van der Waals surface area contributed by atoms with E-state index in [-0.39, 0.29) is 11.4 Å². The number of hydrogen-bond acceptors (Lipinski definition) is 5. The Bertz CT molecular complexity index is 1080. The third kappa shape index (κ3) is 3.96. The van der Waals surface area contributed by atoms with Crippen molar-refractivity contribution in [3.8, 4) is 17.2 Å². The van der Waals surface area contributed by atoms with Crippen LogP contribution in [-0.2, 0) is 0 Å². The van der Waals surface area contributed by atoms with Gasteiger partial charge in [-0.15, -0.1) is 0 Å². The smallest absolute Gasteiger partial charge is 0.280 e. The standard InChI is InChI=1S/C19H15ClFN3O4/c1-27-15-8-3-11(20)9-14(15)22-19(26)18-16(28-2)10-17(25)24(23-18)13-6-4-12(21)5-7-13/h3-10H,1-2H3,(H,22,26). The van der Waals surface area contributed by atoms with Crippen LogP contribution >= 0.6 is 11.6 Å². The van der Waals surface area contributed by atoms with Crippen LogP contribution in [0, 0.1) is 5.82 Å². The van der Waals surface area contributed by atoms with Crippen molar-refractivity contribution < 1.29 is 18.7 Å². The van der Waals surface area contributed by atoms with Gasteiger partial charge in [0.25, 0.3) is 11.5 Å². The Morgan fingerprint density at radius 1 is 1.07 bits per heavy atom. The van der Waals surface area contributed by atoms with Gasteiger partial charge in [0.2, 0.25) is 0 Å². The number of nitrogens with zero attached hydrogens (tertiary/aromatic N) is 2. The van der Waals surface area contributed by atoms with Crippen LogP contribution in [0.5, 0.6) is 11.5 Å². The Morgan fingerprint density at radius 2 is 1.75 bits per heavy atom. The Hall–Kier alpha value is -3.39. The second-order valence-electron chi connectivity index (χ2n) is 5.59. The number of carbonyl (C=O) groups excluding carboxylic acids is 1. The number of benzene rings is 2. The summed E-state index contributed by atoms with van der Waals surface area (Å²) in [6.07, 6.45) is 0. The van der Waals surface area contributed by atoms with Crippen LogP contribution in [0.1, 0.15) is 10.5 Å². The lowest BCUT2D eigenvalue weighted by molar-refractivity contribution is 0.101. The number of amides is 1. The van der Waals surface area contributed by atoms with Crippen molar-refractivity contribution in [2.24, 2.45) is 0 Å². The van der Waals surface area contributed by atoms with Crippen molar-refractivity contribution >= 4 is 23.2 Å². The summed E-state index contributed by atoms with van der Waals surface area (Å²) in [6, 6.07) is 11.0. The van der Waals surface area contributed by atoms with Crippen LogP contribution in [0.3, 0.4) is 0 Å². The fourth-order valence-electron chi connectivity index (χ4n) is 2.48. The van der Waals surface area contributed by atoms with Crippen molar-refractivity contribution in [3.63, 3.8) is 0 Å². The number of ether oxygens (including phenoxy) is 2. The summed E-state index contributed by atoms with van der Waals surface area (Å²) < 4.78 is 24.5. The minimum absolute atomic E-state index is 0.0122. The average molecular weight is 404 g/mol. The maximum atomic E-state index is 13.2. The number of aromatic nitrogens is 2. The largest absolute Gasteiger partial charge is 0.495 e. The molecular formula is C19H15ClFN3O4. The Labute approximate surface area is 164 Å². The second kappa shape index (κ2) is 8.10. The molecule has 0 unspecified atom stereocenters. The first-order valence-corrected chi connectivity index (χ1v) is 8.40. The number of methoxy groups -OCH3 is 2. The first kappa shape index (κ1) is 19.4.